The summed E-state index contributed by atoms with van der Waals surface area (Å²) in [5, 5.41) is 14.8. The predicted molar refractivity (Wildman–Crippen MR) is 98.6 cm³/mol. The number of nitrogens with zero attached hydrogens (tertiary/aromatic N) is 3. The average molecular weight is 394 g/mol. The molecule has 1 amide bonds. The van der Waals surface area contributed by atoms with Crippen molar-refractivity contribution >= 4 is 39.2 Å². The van der Waals surface area contributed by atoms with Gasteiger partial charge in [-0.15, -0.1) is 0 Å². The Kier molecular flexibility index (Phi) is 5.02. The summed E-state index contributed by atoms with van der Waals surface area (Å²) >= 11 is 3.35. The second-order valence-electron chi connectivity index (χ2n) is 5.04. The third-order valence-electron chi connectivity index (χ3n) is 3.29. The van der Waals surface area contributed by atoms with Crippen molar-refractivity contribution in [2.75, 3.05) is 10.6 Å². The molecule has 25 heavy (non-hydrogen) atoms. The zero-order valence-electron chi connectivity index (χ0n) is 12.9. The lowest BCUT2D eigenvalue weighted by molar-refractivity contribution is 0.102. The van der Waals surface area contributed by atoms with Crippen LogP contribution in [-0.4, -0.2) is 15.9 Å². The summed E-state index contributed by atoms with van der Waals surface area (Å²) < 4.78 is 0.872. The molecule has 0 aliphatic heterocycles. The molecular formula is C18H12BrN5O. The van der Waals surface area contributed by atoms with Crippen LogP contribution in [0.1, 0.15) is 15.9 Å². The first-order chi connectivity index (χ1) is 12.2. The Morgan fingerprint density at radius 3 is 2.56 bits per heavy atom. The molecule has 2 N–H and O–H groups in total. The van der Waals surface area contributed by atoms with Crippen molar-refractivity contribution in [3.8, 4) is 6.07 Å². The Labute approximate surface area is 152 Å². The number of nitriles is 1. The zero-order valence-corrected chi connectivity index (χ0v) is 14.5. The second-order valence-corrected chi connectivity index (χ2v) is 5.96. The van der Waals surface area contributed by atoms with E-state index in [0.29, 0.717) is 28.5 Å². The molecule has 122 valence electrons. The fourth-order valence-corrected chi connectivity index (χ4v) is 2.49. The minimum atomic E-state index is -0.304. The van der Waals surface area contributed by atoms with Crippen molar-refractivity contribution in [2.24, 2.45) is 0 Å². The summed E-state index contributed by atoms with van der Waals surface area (Å²) in [7, 11) is 0. The van der Waals surface area contributed by atoms with E-state index in [1.54, 1.807) is 30.3 Å². The summed E-state index contributed by atoms with van der Waals surface area (Å²) in [5.41, 5.74) is 2.10. The number of carbonyl (C=O) groups excluding carboxylic acids is 1. The average Bonchev–Trinajstić information content (AvgIpc) is 2.63. The quantitative estimate of drug-likeness (QED) is 0.695. The van der Waals surface area contributed by atoms with E-state index in [2.05, 4.69) is 42.6 Å². The third kappa shape index (κ3) is 4.19. The number of anilines is 3. The number of rotatable bonds is 4. The van der Waals surface area contributed by atoms with E-state index in [-0.39, 0.29) is 5.91 Å². The molecule has 0 unspecified atom stereocenters. The number of hydrogen-bond donors (Lipinski definition) is 2. The zero-order chi connectivity index (χ0) is 17.6. The van der Waals surface area contributed by atoms with Crippen molar-refractivity contribution < 1.29 is 4.79 Å². The van der Waals surface area contributed by atoms with Crippen LogP contribution in [0.4, 0.5) is 17.3 Å². The molecule has 0 bridgehead atoms. The minimum Gasteiger partial charge on any atom is -0.323 e. The number of nitrogens with one attached hydrogen (secondary N) is 2. The van der Waals surface area contributed by atoms with Crippen LogP contribution in [-0.2, 0) is 0 Å². The molecule has 0 spiro atoms. The van der Waals surface area contributed by atoms with E-state index < -0.39 is 0 Å². The topological polar surface area (TPSA) is 90.7 Å². The lowest BCUT2D eigenvalue weighted by Crippen LogP contribution is -2.13. The van der Waals surface area contributed by atoms with Gasteiger partial charge in [0.25, 0.3) is 5.91 Å². The largest absolute Gasteiger partial charge is 0.323 e. The van der Waals surface area contributed by atoms with Gasteiger partial charge >= 0.3 is 0 Å². The lowest BCUT2D eigenvalue weighted by Gasteiger charge is -2.08. The molecule has 0 atom stereocenters. The normalized spacial score (nSPS) is 9.92. The van der Waals surface area contributed by atoms with E-state index >= 15 is 0 Å². The number of hydrogen-bond acceptors (Lipinski definition) is 5. The van der Waals surface area contributed by atoms with Crippen LogP contribution in [0.25, 0.3) is 0 Å². The summed E-state index contributed by atoms with van der Waals surface area (Å²) in [6.07, 6.45) is 2.86. The van der Waals surface area contributed by atoms with Gasteiger partial charge in [-0.3, -0.25) is 4.79 Å². The monoisotopic (exact) mass is 393 g/mol. The maximum absolute atomic E-state index is 12.2. The van der Waals surface area contributed by atoms with Crippen molar-refractivity contribution in [1.82, 2.24) is 9.97 Å². The van der Waals surface area contributed by atoms with Gasteiger partial charge < -0.3 is 10.6 Å². The van der Waals surface area contributed by atoms with Gasteiger partial charge in [0.1, 0.15) is 6.07 Å². The number of halogens is 1. The molecule has 0 radical (unpaired) electrons. The Balaban J connectivity index is 1.71. The van der Waals surface area contributed by atoms with Crippen LogP contribution >= 0.6 is 15.9 Å². The number of carbonyl (C=O) groups is 1. The van der Waals surface area contributed by atoms with Crippen molar-refractivity contribution in [3.63, 3.8) is 0 Å². The fourth-order valence-electron chi connectivity index (χ4n) is 2.09. The first-order valence-corrected chi connectivity index (χ1v) is 8.10. The van der Waals surface area contributed by atoms with E-state index in [1.165, 1.54) is 12.4 Å². The van der Waals surface area contributed by atoms with Gasteiger partial charge in [-0.25, -0.2) is 9.97 Å². The molecule has 0 aliphatic rings. The number of para-hydroxylation sites is 1. The van der Waals surface area contributed by atoms with Crippen LogP contribution in [0, 0.1) is 11.3 Å². The van der Waals surface area contributed by atoms with Crippen LogP contribution < -0.4 is 10.6 Å². The molecule has 0 fully saturated rings. The molecule has 6 nitrogen and oxygen atoms in total. The highest BCUT2D eigenvalue weighted by molar-refractivity contribution is 9.10. The van der Waals surface area contributed by atoms with Crippen LogP contribution in [0.5, 0.6) is 0 Å². The van der Waals surface area contributed by atoms with Gasteiger partial charge in [0.2, 0.25) is 5.95 Å². The highest BCUT2D eigenvalue weighted by atomic mass is 79.9. The Bertz CT molecular complexity index is 950. The van der Waals surface area contributed by atoms with Gasteiger partial charge in [0, 0.05) is 22.6 Å². The molecule has 0 saturated carbocycles. The van der Waals surface area contributed by atoms with Crippen LogP contribution in [0.2, 0.25) is 0 Å². The van der Waals surface area contributed by atoms with Gasteiger partial charge in [0.05, 0.1) is 16.8 Å². The minimum absolute atomic E-state index is 0.304. The molecular weight excluding hydrogens is 382 g/mol. The highest BCUT2D eigenvalue weighted by Gasteiger charge is 2.09. The molecule has 1 aromatic heterocycles. The maximum atomic E-state index is 12.2. The Hall–Kier alpha value is -3.24. The van der Waals surface area contributed by atoms with E-state index in [1.807, 2.05) is 18.2 Å². The summed E-state index contributed by atoms with van der Waals surface area (Å²) in [6.45, 7) is 0. The Morgan fingerprint density at radius 1 is 1.08 bits per heavy atom. The fraction of sp³-hybridized carbons (Fsp3) is 0. The lowest BCUT2D eigenvalue weighted by atomic mass is 10.2. The van der Waals surface area contributed by atoms with Gasteiger partial charge in [-0.1, -0.05) is 34.1 Å². The van der Waals surface area contributed by atoms with Gasteiger partial charge in [-0.2, -0.15) is 5.26 Å². The first kappa shape index (κ1) is 16.6. The van der Waals surface area contributed by atoms with E-state index in [9.17, 15) is 4.79 Å². The molecule has 0 aliphatic carbocycles. The molecule has 2 aromatic carbocycles. The standard InChI is InChI=1S/C18H12BrN5O/c19-14-5-3-6-15(8-14)23-17(25)13-10-21-18(22-11-13)24-16-7-2-1-4-12(16)9-20/h1-8,10-11H,(H,23,25)(H,21,22,24). The van der Waals surface area contributed by atoms with Crippen LogP contribution in [0.15, 0.2) is 65.4 Å². The first-order valence-electron chi connectivity index (χ1n) is 7.31. The molecule has 7 heteroatoms. The second kappa shape index (κ2) is 7.55. The van der Waals surface area contributed by atoms with Gasteiger partial charge in [-0.05, 0) is 30.3 Å². The summed E-state index contributed by atoms with van der Waals surface area (Å²) in [4.78, 5) is 20.5. The third-order valence-corrected chi connectivity index (χ3v) is 3.78. The molecule has 0 saturated heterocycles. The molecule has 1 heterocycles. The number of amides is 1. The summed E-state index contributed by atoms with van der Waals surface area (Å²) in [5.74, 6) is 0.00350. The van der Waals surface area contributed by atoms with Crippen molar-refractivity contribution in [3.05, 3.63) is 76.5 Å². The van der Waals surface area contributed by atoms with Crippen molar-refractivity contribution in [2.45, 2.75) is 0 Å². The van der Waals surface area contributed by atoms with Crippen LogP contribution in [0.3, 0.4) is 0 Å². The Morgan fingerprint density at radius 2 is 1.84 bits per heavy atom. The molecule has 3 rings (SSSR count). The SMILES string of the molecule is N#Cc1ccccc1Nc1ncc(C(=O)Nc2cccc(Br)c2)cn1. The highest BCUT2D eigenvalue weighted by Crippen LogP contribution is 2.18. The summed E-state index contributed by atoms with van der Waals surface area (Å²) in [6, 6.07) is 16.4. The maximum Gasteiger partial charge on any atom is 0.258 e. The number of aromatic nitrogens is 2. The molecule has 3 aromatic rings. The van der Waals surface area contributed by atoms with Crippen molar-refractivity contribution in [1.29, 1.82) is 5.26 Å². The van der Waals surface area contributed by atoms with Gasteiger partial charge in [0.15, 0.2) is 0 Å². The number of benzene rings is 2. The smallest absolute Gasteiger partial charge is 0.258 e. The predicted octanol–water partition coefficient (Wildman–Crippen LogP) is 4.11. The van der Waals surface area contributed by atoms with E-state index in [4.69, 9.17) is 5.26 Å². The van der Waals surface area contributed by atoms with E-state index in [0.717, 1.165) is 4.47 Å².